The van der Waals surface area contributed by atoms with Crippen LogP contribution < -0.4 is 0 Å². The van der Waals surface area contributed by atoms with E-state index < -0.39 is 10.0 Å². The number of aromatic nitrogens is 2. The maximum absolute atomic E-state index is 13.0. The summed E-state index contributed by atoms with van der Waals surface area (Å²) in [6.07, 6.45) is 0.0551. The molecule has 2 aliphatic heterocycles. The van der Waals surface area contributed by atoms with E-state index in [-0.39, 0.29) is 28.8 Å². The first-order valence-electron chi connectivity index (χ1n) is 10.9. The van der Waals surface area contributed by atoms with E-state index >= 15 is 0 Å². The summed E-state index contributed by atoms with van der Waals surface area (Å²) in [5, 5.41) is 0.714. The lowest BCUT2D eigenvalue weighted by molar-refractivity contribution is -0.140. The summed E-state index contributed by atoms with van der Waals surface area (Å²) < 4.78 is 40.5. The van der Waals surface area contributed by atoms with Gasteiger partial charge in [0.2, 0.25) is 15.9 Å². The number of morpholine rings is 2. The third-order valence-corrected chi connectivity index (χ3v) is 8.56. The van der Waals surface area contributed by atoms with E-state index in [1.54, 1.807) is 18.2 Å². The number of carbonyl (C=O) groups is 1. The van der Waals surface area contributed by atoms with Crippen molar-refractivity contribution in [3.8, 4) is 0 Å². The van der Waals surface area contributed by atoms with Crippen LogP contribution in [-0.2, 0) is 30.8 Å². The zero-order chi connectivity index (χ0) is 22.9. The number of benzene rings is 1. The van der Waals surface area contributed by atoms with Gasteiger partial charge in [-0.25, -0.2) is 13.4 Å². The Morgan fingerprint density at radius 3 is 2.53 bits per heavy atom. The first kappa shape index (κ1) is 23.5. The molecular formula is C21H30N4O5S2. The van der Waals surface area contributed by atoms with E-state index in [1.807, 2.05) is 30.2 Å². The molecule has 2 aromatic rings. The van der Waals surface area contributed by atoms with Crippen molar-refractivity contribution in [1.82, 2.24) is 18.8 Å². The molecule has 9 nitrogen and oxygen atoms in total. The predicted octanol–water partition coefficient (Wildman–Crippen LogP) is 1.81. The minimum atomic E-state index is -3.59. The van der Waals surface area contributed by atoms with Crippen molar-refractivity contribution in [2.24, 2.45) is 0 Å². The van der Waals surface area contributed by atoms with Gasteiger partial charge in [-0.3, -0.25) is 4.79 Å². The number of nitrogens with zero attached hydrogens (tertiary/aromatic N) is 4. The van der Waals surface area contributed by atoms with Gasteiger partial charge in [-0.05, 0) is 39.0 Å². The minimum Gasteiger partial charge on any atom is -0.379 e. The van der Waals surface area contributed by atoms with Crippen LogP contribution in [-0.4, -0.2) is 90.4 Å². The predicted molar refractivity (Wildman–Crippen MR) is 122 cm³/mol. The second kappa shape index (κ2) is 9.68. The molecule has 0 bridgehead atoms. The number of imidazole rings is 1. The molecule has 2 unspecified atom stereocenters. The molecule has 2 saturated heterocycles. The average Bonchev–Trinajstić information content (AvgIpc) is 3.14. The Hall–Kier alpha value is -1.66. The smallest absolute Gasteiger partial charge is 0.243 e. The van der Waals surface area contributed by atoms with Crippen molar-refractivity contribution >= 4 is 38.7 Å². The molecule has 1 amide bonds. The fourth-order valence-electron chi connectivity index (χ4n) is 4.20. The van der Waals surface area contributed by atoms with Crippen molar-refractivity contribution < 1.29 is 22.7 Å². The summed E-state index contributed by atoms with van der Waals surface area (Å²) >= 11 is 1.39. The number of fused-ring (bicyclic) bond motifs is 1. The Morgan fingerprint density at radius 2 is 1.88 bits per heavy atom. The summed E-state index contributed by atoms with van der Waals surface area (Å²) in [6, 6.07) is 5.07. The van der Waals surface area contributed by atoms with Crippen LogP contribution >= 0.6 is 11.8 Å². The largest absolute Gasteiger partial charge is 0.379 e. The number of rotatable bonds is 6. The van der Waals surface area contributed by atoms with Crippen LogP contribution in [0, 0.1) is 0 Å². The van der Waals surface area contributed by atoms with Gasteiger partial charge in [0.15, 0.2) is 5.16 Å². The van der Waals surface area contributed by atoms with Gasteiger partial charge in [-0.2, -0.15) is 4.31 Å². The maximum Gasteiger partial charge on any atom is 0.243 e. The molecule has 2 aliphatic rings. The number of ether oxygens (including phenoxy) is 2. The van der Waals surface area contributed by atoms with Gasteiger partial charge in [0.05, 0.1) is 47.1 Å². The first-order valence-corrected chi connectivity index (χ1v) is 13.4. The van der Waals surface area contributed by atoms with Gasteiger partial charge in [-0.1, -0.05) is 11.8 Å². The molecule has 3 heterocycles. The van der Waals surface area contributed by atoms with Crippen LogP contribution in [0.5, 0.6) is 0 Å². The van der Waals surface area contributed by atoms with E-state index in [9.17, 15) is 13.2 Å². The first-order chi connectivity index (χ1) is 15.3. The number of carbonyl (C=O) groups excluding carboxylic acids is 1. The molecule has 1 aromatic carbocycles. The standard InChI is InChI=1S/C21H30N4O5S2/c1-4-25-19-6-5-17(32(27,28)24-7-9-29-10-8-24)11-18(19)22-21(25)31-14-20(26)23-12-15(2)30-16(3)13-23/h5-6,11,15-16H,4,7-10,12-14H2,1-3H3. The number of amides is 1. The topological polar surface area (TPSA) is 94.0 Å². The molecule has 0 N–H and O–H groups in total. The van der Waals surface area contributed by atoms with Gasteiger partial charge in [0.25, 0.3) is 0 Å². The van der Waals surface area contributed by atoms with E-state index in [1.165, 1.54) is 16.1 Å². The van der Waals surface area contributed by atoms with Gasteiger partial charge in [0, 0.05) is 32.7 Å². The van der Waals surface area contributed by atoms with Gasteiger partial charge in [0.1, 0.15) is 0 Å². The summed E-state index contributed by atoms with van der Waals surface area (Å²) in [5.41, 5.74) is 1.47. The van der Waals surface area contributed by atoms with Crippen molar-refractivity contribution in [1.29, 1.82) is 0 Å². The Bertz CT molecular complexity index is 1070. The normalized spacial score (nSPS) is 23.0. The lowest BCUT2D eigenvalue weighted by Gasteiger charge is -2.35. The molecule has 4 rings (SSSR count). The molecule has 32 heavy (non-hydrogen) atoms. The van der Waals surface area contributed by atoms with Crippen LogP contribution in [0.2, 0.25) is 0 Å². The molecule has 11 heteroatoms. The van der Waals surface area contributed by atoms with E-state index in [4.69, 9.17) is 9.47 Å². The molecule has 1 aromatic heterocycles. The molecular weight excluding hydrogens is 452 g/mol. The highest BCUT2D eigenvalue weighted by Crippen LogP contribution is 2.28. The monoisotopic (exact) mass is 482 g/mol. The number of sulfonamides is 1. The van der Waals surface area contributed by atoms with Crippen LogP contribution in [0.4, 0.5) is 0 Å². The summed E-state index contributed by atoms with van der Waals surface area (Å²) in [6.45, 7) is 9.34. The summed E-state index contributed by atoms with van der Waals surface area (Å²) in [7, 11) is -3.59. The number of thioether (sulfide) groups is 1. The van der Waals surface area contributed by atoms with E-state index in [2.05, 4.69) is 4.98 Å². The zero-order valence-corrected chi connectivity index (χ0v) is 20.3. The molecule has 176 valence electrons. The lowest BCUT2D eigenvalue weighted by Crippen LogP contribution is -2.48. The summed E-state index contributed by atoms with van der Waals surface area (Å²) in [5.74, 6) is 0.337. The summed E-state index contributed by atoms with van der Waals surface area (Å²) in [4.78, 5) is 19.5. The number of aryl methyl sites for hydroxylation is 1. The third-order valence-electron chi connectivity index (χ3n) is 5.71. The fraction of sp³-hybridized carbons (Fsp3) is 0.619. The molecule has 2 atom stereocenters. The van der Waals surface area contributed by atoms with Gasteiger partial charge in [-0.15, -0.1) is 0 Å². The zero-order valence-electron chi connectivity index (χ0n) is 18.7. The fourth-order valence-corrected chi connectivity index (χ4v) is 6.61. The van der Waals surface area contributed by atoms with E-state index in [0.29, 0.717) is 56.6 Å². The second-order valence-corrected chi connectivity index (χ2v) is 11.0. The Labute approximate surface area is 193 Å². The quantitative estimate of drug-likeness (QED) is 0.580. The van der Waals surface area contributed by atoms with Crippen molar-refractivity contribution in [3.63, 3.8) is 0 Å². The number of hydrogen-bond acceptors (Lipinski definition) is 7. The molecule has 0 spiro atoms. The highest BCUT2D eigenvalue weighted by Gasteiger charge is 2.28. The SMILES string of the molecule is CCn1c(SCC(=O)N2CC(C)OC(C)C2)nc2cc(S(=O)(=O)N3CCOCC3)ccc21. The van der Waals surface area contributed by atoms with Crippen molar-refractivity contribution in [3.05, 3.63) is 18.2 Å². The minimum absolute atomic E-state index is 0.0275. The van der Waals surface area contributed by atoms with Gasteiger partial charge < -0.3 is 18.9 Å². The molecule has 0 saturated carbocycles. The maximum atomic E-state index is 13.0. The van der Waals surface area contributed by atoms with Crippen molar-refractivity contribution in [2.45, 2.75) is 49.6 Å². The Kier molecular flexibility index (Phi) is 7.11. The van der Waals surface area contributed by atoms with Crippen LogP contribution in [0.15, 0.2) is 28.3 Å². The van der Waals surface area contributed by atoms with E-state index in [0.717, 1.165) is 5.52 Å². The molecule has 0 aliphatic carbocycles. The van der Waals surface area contributed by atoms with Crippen LogP contribution in [0.3, 0.4) is 0 Å². The number of hydrogen-bond donors (Lipinski definition) is 0. The van der Waals surface area contributed by atoms with Gasteiger partial charge >= 0.3 is 0 Å². The van der Waals surface area contributed by atoms with Crippen molar-refractivity contribution in [2.75, 3.05) is 45.1 Å². The Balaban J connectivity index is 1.53. The van der Waals surface area contributed by atoms with Crippen LogP contribution in [0.1, 0.15) is 20.8 Å². The highest BCUT2D eigenvalue weighted by atomic mass is 32.2. The molecule has 0 radical (unpaired) electrons. The Morgan fingerprint density at radius 1 is 1.19 bits per heavy atom. The average molecular weight is 483 g/mol. The molecule has 2 fully saturated rings. The highest BCUT2D eigenvalue weighted by molar-refractivity contribution is 7.99. The third kappa shape index (κ3) is 4.81. The van der Waals surface area contributed by atoms with Crippen LogP contribution in [0.25, 0.3) is 11.0 Å². The lowest BCUT2D eigenvalue weighted by atomic mass is 10.2. The second-order valence-electron chi connectivity index (χ2n) is 8.15.